The van der Waals surface area contributed by atoms with Gasteiger partial charge in [-0.25, -0.2) is 0 Å². The Hall–Kier alpha value is -1.86. The predicted molar refractivity (Wildman–Crippen MR) is 84.3 cm³/mol. The number of nitrogens with one attached hydrogen (secondary N) is 2. The van der Waals surface area contributed by atoms with Crippen molar-refractivity contribution in [1.82, 2.24) is 4.90 Å². The Balaban J connectivity index is 2.05. The van der Waals surface area contributed by atoms with Crippen LogP contribution in [-0.4, -0.2) is 35.5 Å². The number of rotatable bonds is 6. The number of hydrogen-bond donors (Lipinski definition) is 3. The fourth-order valence-corrected chi connectivity index (χ4v) is 2.81. The van der Waals surface area contributed by atoms with Crippen LogP contribution in [0.1, 0.15) is 26.2 Å². The average Bonchev–Trinajstić information content (AvgIpc) is 2.47. The first-order valence-electron chi connectivity index (χ1n) is 7.34. The molecule has 1 atom stereocenters. The largest absolute Gasteiger partial charge is 0.376 e. The molecule has 1 heterocycles. The summed E-state index contributed by atoms with van der Waals surface area (Å²) in [6, 6.07) is 5.19. The molecule has 4 N–H and O–H groups in total. The standard InChI is InChI=1S/C14H23N5O2/c1-11(10-18-8-3-2-4-9-18)16-12-6-5-7-13(17-15)14(12)19(20)21/h5-7,11,16-17H,2-4,8-10,15H2,1H3. The van der Waals surface area contributed by atoms with Gasteiger partial charge in [-0.1, -0.05) is 12.5 Å². The van der Waals surface area contributed by atoms with E-state index in [1.54, 1.807) is 18.2 Å². The van der Waals surface area contributed by atoms with Gasteiger partial charge in [-0.2, -0.15) is 0 Å². The summed E-state index contributed by atoms with van der Waals surface area (Å²) in [5.41, 5.74) is 3.19. The summed E-state index contributed by atoms with van der Waals surface area (Å²) < 4.78 is 0. The number of benzene rings is 1. The highest BCUT2D eigenvalue weighted by Gasteiger charge is 2.21. The SMILES string of the molecule is CC(CN1CCCCC1)Nc1cccc(NN)c1[N+](=O)[O-]. The Morgan fingerprint density at radius 2 is 2.00 bits per heavy atom. The number of hydrogen-bond acceptors (Lipinski definition) is 6. The molecule has 1 aromatic rings. The lowest BCUT2D eigenvalue weighted by atomic mass is 10.1. The predicted octanol–water partition coefficient (Wildman–Crippen LogP) is 2.17. The number of nitro groups is 1. The monoisotopic (exact) mass is 293 g/mol. The van der Waals surface area contributed by atoms with E-state index in [-0.39, 0.29) is 11.7 Å². The van der Waals surface area contributed by atoms with Crippen molar-refractivity contribution in [3.8, 4) is 0 Å². The van der Waals surface area contributed by atoms with Crippen molar-refractivity contribution in [2.45, 2.75) is 32.2 Å². The van der Waals surface area contributed by atoms with Crippen molar-refractivity contribution in [1.29, 1.82) is 0 Å². The number of para-hydroxylation sites is 1. The Kier molecular flexibility index (Phi) is 5.35. The van der Waals surface area contributed by atoms with Crippen molar-refractivity contribution in [2.24, 2.45) is 5.84 Å². The maximum Gasteiger partial charge on any atom is 0.316 e. The van der Waals surface area contributed by atoms with Gasteiger partial charge in [0.05, 0.1) is 4.92 Å². The summed E-state index contributed by atoms with van der Waals surface area (Å²) in [5, 5.41) is 14.5. The summed E-state index contributed by atoms with van der Waals surface area (Å²) >= 11 is 0. The minimum Gasteiger partial charge on any atom is -0.376 e. The van der Waals surface area contributed by atoms with E-state index in [4.69, 9.17) is 5.84 Å². The maximum atomic E-state index is 11.2. The second-order valence-corrected chi connectivity index (χ2v) is 5.51. The van der Waals surface area contributed by atoms with E-state index in [1.807, 2.05) is 6.92 Å². The molecule has 2 rings (SSSR count). The number of nitrogens with zero attached hydrogens (tertiary/aromatic N) is 2. The van der Waals surface area contributed by atoms with Crippen LogP contribution in [-0.2, 0) is 0 Å². The molecule has 0 bridgehead atoms. The van der Waals surface area contributed by atoms with Crippen molar-refractivity contribution in [3.05, 3.63) is 28.3 Å². The molecular formula is C14H23N5O2. The van der Waals surface area contributed by atoms with Crippen LogP contribution in [0.3, 0.4) is 0 Å². The topological polar surface area (TPSA) is 96.5 Å². The third-order valence-electron chi connectivity index (χ3n) is 3.76. The van der Waals surface area contributed by atoms with Crippen molar-refractivity contribution < 1.29 is 4.92 Å². The third kappa shape index (κ3) is 4.05. The van der Waals surface area contributed by atoms with Crippen molar-refractivity contribution >= 4 is 17.1 Å². The van der Waals surface area contributed by atoms with Gasteiger partial charge in [-0.15, -0.1) is 0 Å². The van der Waals surface area contributed by atoms with Gasteiger partial charge in [0, 0.05) is 12.6 Å². The van der Waals surface area contributed by atoms with Crippen LogP contribution < -0.4 is 16.6 Å². The Morgan fingerprint density at radius 1 is 1.33 bits per heavy atom. The molecule has 0 aromatic heterocycles. The Bertz CT molecular complexity index is 488. The van der Waals surface area contributed by atoms with Crippen LogP contribution in [0, 0.1) is 10.1 Å². The minimum atomic E-state index is -0.412. The van der Waals surface area contributed by atoms with Gasteiger partial charge in [0.15, 0.2) is 0 Å². The lowest BCUT2D eigenvalue weighted by molar-refractivity contribution is -0.383. The highest BCUT2D eigenvalue weighted by Crippen LogP contribution is 2.32. The molecule has 0 aliphatic carbocycles. The smallest absolute Gasteiger partial charge is 0.316 e. The summed E-state index contributed by atoms with van der Waals surface area (Å²) in [6.07, 6.45) is 3.77. The average molecular weight is 293 g/mol. The molecule has 0 spiro atoms. The van der Waals surface area contributed by atoms with E-state index in [9.17, 15) is 10.1 Å². The molecule has 1 unspecified atom stereocenters. The number of nitrogens with two attached hydrogens (primary N) is 1. The molecule has 7 nitrogen and oxygen atoms in total. The van der Waals surface area contributed by atoms with Crippen molar-refractivity contribution in [2.75, 3.05) is 30.4 Å². The van der Waals surface area contributed by atoms with Gasteiger partial charge in [-0.05, 0) is 45.0 Å². The lowest BCUT2D eigenvalue weighted by Gasteiger charge is -2.29. The first kappa shape index (κ1) is 15.5. The molecule has 1 aliphatic heterocycles. The summed E-state index contributed by atoms with van der Waals surface area (Å²) in [4.78, 5) is 13.2. The van der Waals surface area contributed by atoms with E-state index < -0.39 is 4.92 Å². The van der Waals surface area contributed by atoms with Gasteiger partial charge < -0.3 is 15.6 Å². The zero-order chi connectivity index (χ0) is 15.2. The fraction of sp³-hybridized carbons (Fsp3) is 0.571. The third-order valence-corrected chi connectivity index (χ3v) is 3.76. The maximum absolute atomic E-state index is 11.2. The van der Waals surface area contributed by atoms with Gasteiger partial charge in [-0.3, -0.25) is 16.0 Å². The number of anilines is 2. The van der Waals surface area contributed by atoms with Crippen LogP contribution in [0.2, 0.25) is 0 Å². The molecule has 21 heavy (non-hydrogen) atoms. The first-order valence-corrected chi connectivity index (χ1v) is 7.34. The Labute approximate surface area is 124 Å². The van der Waals surface area contributed by atoms with Gasteiger partial charge in [0.2, 0.25) is 0 Å². The van der Waals surface area contributed by atoms with Crippen molar-refractivity contribution in [3.63, 3.8) is 0 Å². The number of piperidine rings is 1. The molecular weight excluding hydrogens is 270 g/mol. The highest BCUT2D eigenvalue weighted by atomic mass is 16.6. The highest BCUT2D eigenvalue weighted by molar-refractivity contribution is 5.76. The molecule has 1 aliphatic rings. The lowest BCUT2D eigenvalue weighted by Crippen LogP contribution is -2.38. The van der Waals surface area contributed by atoms with Gasteiger partial charge in [0.1, 0.15) is 11.4 Å². The molecule has 1 aromatic carbocycles. The number of likely N-dealkylation sites (tertiary alicyclic amines) is 1. The van der Waals surface area contributed by atoms with Crippen LogP contribution in [0.5, 0.6) is 0 Å². The van der Waals surface area contributed by atoms with Crippen LogP contribution in [0.4, 0.5) is 17.1 Å². The normalized spacial score (nSPS) is 17.2. The fourth-order valence-electron chi connectivity index (χ4n) is 2.81. The number of hydrazine groups is 1. The number of nitrogen functional groups attached to an aromatic ring is 1. The van der Waals surface area contributed by atoms with E-state index in [0.29, 0.717) is 11.4 Å². The molecule has 0 saturated carbocycles. The summed E-state index contributed by atoms with van der Waals surface area (Å²) in [6.45, 7) is 5.15. The van der Waals surface area contributed by atoms with E-state index in [2.05, 4.69) is 15.6 Å². The molecule has 0 amide bonds. The molecule has 1 saturated heterocycles. The second kappa shape index (κ2) is 7.24. The minimum absolute atomic E-state index is 0.00880. The quantitative estimate of drug-likeness (QED) is 0.422. The van der Waals surface area contributed by atoms with Crippen LogP contribution >= 0.6 is 0 Å². The zero-order valence-corrected chi connectivity index (χ0v) is 12.3. The zero-order valence-electron chi connectivity index (χ0n) is 12.3. The van der Waals surface area contributed by atoms with Crippen LogP contribution in [0.25, 0.3) is 0 Å². The first-order chi connectivity index (χ1) is 10.1. The summed E-state index contributed by atoms with van der Waals surface area (Å²) in [5.74, 6) is 5.35. The van der Waals surface area contributed by atoms with E-state index in [1.165, 1.54) is 19.3 Å². The number of nitro benzene ring substituents is 1. The Morgan fingerprint density at radius 3 is 2.62 bits per heavy atom. The van der Waals surface area contributed by atoms with E-state index >= 15 is 0 Å². The van der Waals surface area contributed by atoms with E-state index in [0.717, 1.165) is 19.6 Å². The molecule has 0 radical (unpaired) electrons. The summed E-state index contributed by atoms with van der Waals surface area (Å²) in [7, 11) is 0. The molecule has 7 heteroatoms. The molecule has 116 valence electrons. The van der Waals surface area contributed by atoms with Crippen LogP contribution in [0.15, 0.2) is 18.2 Å². The van der Waals surface area contributed by atoms with Gasteiger partial charge in [0.25, 0.3) is 0 Å². The molecule has 1 fully saturated rings. The van der Waals surface area contributed by atoms with Gasteiger partial charge >= 0.3 is 5.69 Å². The second-order valence-electron chi connectivity index (χ2n) is 5.51.